The first kappa shape index (κ1) is 15.2. The summed E-state index contributed by atoms with van der Waals surface area (Å²) in [6.07, 6.45) is 1.43. The van der Waals surface area contributed by atoms with Crippen molar-refractivity contribution in [3.8, 4) is 0 Å². The highest BCUT2D eigenvalue weighted by Gasteiger charge is 2.11. The van der Waals surface area contributed by atoms with Crippen LogP contribution in [0.3, 0.4) is 0 Å². The number of halogens is 2. The van der Waals surface area contributed by atoms with E-state index in [2.05, 4.69) is 10.3 Å². The first-order chi connectivity index (χ1) is 8.56. The molecule has 0 aliphatic rings. The predicted octanol–water partition coefficient (Wildman–Crippen LogP) is 1.61. The van der Waals surface area contributed by atoms with E-state index in [1.165, 1.54) is 12.3 Å². The van der Waals surface area contributed by atoms with Gasteiger partial charge in [-0.05, 0) is 12.6 Å². The molecule has 0 saturated carbocycles. The molecule has 0 unspecified atom stereocenters. The number of hydrogen-bond donors (Lipinski definition) is 2. The van der Waals surface area contributed by atoms with Gasteiger partial charge in [-0.25, -0.2) is 4.98 Å². The molecule has 0 aliphatic carbocycles. The summed E-state index contributed by atoms with van der Waals surface area (Å²) in [4.78, 5) is 17.7. The van der Waals surface area contributed by atoms with Crippen molar-refractivity contribution < 1.29 is 4.79 Å². The number of carbonyl (C=O) groups excluding carboxylic acids is 1. The Balaban J connectivity index is 2.58. The minimum atomic E-state index is -0.179. The van der Waals surface area contributed by atoms with Crippen molar-refractivity contribution in [3.63, 3.8) is 0 Å². The molecule has 0 radical (unpaired) electrons. The van der Waals surface area contributed by atoms with Gasteiger partial charge in [-0.2, -0.15) is 0 Å². The second-order valence-electron chi connectivity index (χ2n) is 3.69. The standard InChI is InChI=1S/C11H16Cl2N4O/c1-2-17(4-3-14)7-10(18)16-11-9(13)5-8(12)6-15-11/h5-6H,2-4,7,14H2,1H3,(H,15,16,18). The van der Waals surface area contributed by atoms with Gasteiger partial charge in [-0.1, -0.05) is 30.1 Å². The maximum atomic E-state index is 11.8. The number of aromatic nitrogens is 1. The van der Waals surface area contributed by atoms with Crippen LogP contribution in [0.5, 0.6) is 0 Å². The lowest BCUT2D eigenvalue weighted by atomic mass is 10.4. The van der Waals surface area contributed by atoms with Gasteiger partial charge in [-0.3, -0.25) is 9.69 Å². The molecule has 0 spiro atoms. The normalized spacial score (nSPS) is 10.7. The molecule has 7 heteroatoms. The molecule has 1 aromatic heterocycles. The lowest BCUT2D eigenvalue weighted by Crippen LogP contribution is -2.36. The summed E-state index contributed by atoms with van der Waals surface area (Å²) in [5, 5.41) is 3.38. The Morgan fingerprint density at radius 3 is 2.83 bits per heavy atom. The summed E-state index contributed by atoms with van der Waals surface area (Å²) in [5.41, 5.74) is 5.45. The zero-order chi connectivity index (χ0) is 13.5. The van der Waals surface area contributed by atoms with E-state index in [0.717, 1.165) is 6.54 Å². The van der Waals surface area contributed by atoms with Gasteiger partial charge in [0, 0.05) is 19.3 Å². The van der Waals surface area contributed by atoms with Gasteiger partial charge in [0.1, 0.15) is 0 Å². The third-order valence-corrected chi connectivity index (χ3v) is 2.82. The number of nitrogens with zero attached hydrogens (tertiary/aromatic N) is 2. The molecule has 18 heavy (non-hydrogen) atoms. The Morgan fingerprint density at radius 2 is 2.28 bits per heavy atom. The van der Waals surface area contributed by atoms with E-state index in [-0.39, 0.29) is 12.5 Å². The van der Waals surface area contributed by atoms with E-state index in [1.807, 2.05) is 11.8 Å². The van der Waals surface area contributed by atoms with Crippen LogP contribution in [-0.2, 0) is 4.79 Å². The van der Waals surface area contributed by atoms with E-state index in [1.54, 1.807) is 0 Å². The summed E-state index contributed by atoms with van der Waals surface area (Å²) in [6.45, 7) is 4.17. The van der Waals surface area contributed by atoms with E-state index in [4.69, 9.17) is 28.9 Å². The molecule has 0 bridgehead atoms. The highest BCUT2D eigenvalue weighted by atomic mass is 35.5. The van der Waals surface area contributed by atoms with Crippen molar-refractivity contribution in [3.05, 3.63) is 22.3 Å². The van der Waals surface area contributed by atoms with Gasteiger partial charge >= 0.3 is 0 Å². The van der Waals surface area contributed by atoms with Crippen LogP contribution in [0.25, 0.3) is 0 Å². The van der Waals surface area contributed by atoms with Crippen LogP contribution in [0, 0.1) is 0 Å². The molecular weight excluding hydrogens is 275 g/mol. The lowest BCUT2D eigenvalue weighted by molar-refractivity contribution is -0.117. The lowest BCUT2D eigenvalue weighted by Gasteiger charge is -2.18. The van der Waals surface area contributed by atoms with Crippen molar-refractivity contribution in [2.75, 3.05) is 31.5 Å². The molecule has 0 aliphatic heterocycles. The molecule has 3 N–H and O–H groups in total. The monoisotopic (exact) mass is 290 g/mol. The number of amides is 1. The molecule has 0 aromatic carbocycles. The van der Waals surface area contributed by atoms with Crippen molar-refractivity contribution in [2.45, 2.75) is 6.92 Å². The Kier molecular flexibility index (Phi) is 6.35. The average Bonchev–Trinajstić information content (AvgIpc) is 2.32. The number of likely N-dealkylation sites (N-methyl/N-ethyl adjacent to an activating group) is 1. The molecular formula is C11H16Cl2N4O. The molecule has 1 heterocycles. The molecule has 5 nitrogen and oxygen atoms in total. The summed E-state index contributed by atoms with van der Waals surface area (Å²) in [6, 6.07) is 1.53. The van der Waals surface area contributed by atoms with Gasteiger partial charge in [0.05, 0.1) is 16.6 Å². The van der Waals surface area contributed by atoms with E-state index < -0.39 is 0 Å². The minimum Gasteiger partial charge on any atom is -0.329 e. The summed E-state index contributed by atoms with van der Waals surface area (Å²) < 4.78 is 0. The molecule has 0 saturated heterocycles. The first-order valence-electron chi connectivity index (χ1n) is 5.60. The molecule has 1 amide bonds. The summed E-state index contributed by atoms with van der Waals surface area (Å²) in [7, 11) is 0. The van der Waals surface area contributed by atoms with E-state index >= 15 is 0 Å². The van der Waals surface area contributed by atoms with Gasteiger partial charge in [0.15, 0.2) is 5.82 Å². The SMILES string of the molecule is CCN(CCN)CC(=O)Nc1ncc(Cl)cc1Cl. The Morgan fingerprint density at radius 1 is 1.56 bits per heavy atom. The molecule has 100 valence electrons. The summed E-state index contributed by atoms with van der Waals surface area (Å²) >= 11 is 11.6. The van der Waals surface area contributed by atoms with Crippen molar-refractivity contribution >= 4 is 34.9 Å². The third-order valence-electron chi connectivity index (χ3n) is 2.33. The maximum absolute atomic E-state index is 11.8. The largest absolute Gasteiger partial charge is 0.329 e. The Hall–Kier alpha value is -0.880. The minimum absolute atomic E-state index is 0.179. The average molecular weight is 291 g/mol. The zero-order valence-electron chi connectivity index (χ0n) is 10.1. The van der Waals surface area contributed by atoms with Crippen LogP contribution in [0.2, 0.25) is 10.0 Å². The zero-order valence-corrected chi connectivity index (χ0v) is 11.6. The van der Waals surface area contributed by atoms with Crippen LogP contribution in [0.15, 0.2) is 12.3 Å². The number of nitrogens with one attached hydrogen (secondary N) is 1. The van der Waals surface area contributed by atoms with Gasteiger partial charge < -0.3 is 11.1 Å². The van der Waals surface area contributed by atoms with Gasteiger partial charge in [-0.15, -0.1) is 0 Å². The Labute approximate surface area is 116 Å². The van der Waals surface area contributed by atoms with Crippen LogP contribution < -0.4 is 11.1 Å². The van der Waals surface area contributed by atoms with E-state index in [0.29, 0.717) is 29.0 Å². The predicted molar refractivity (Wildman–Crippen MR) is 74.1 cm³/mol. The topological polar surface area (TPSA) is 71.2 Å². The number of anilines is 1. The number of carbonyl (C=O) groups is 1. The quantitative estimate of drug-likeness (QED) is 0.835. The second-order valence-corrected chi connectivity index (χ2v) is 4.53. The highest BCUT2D eigenvalue weighted by molar-refractivity contribution is 6.36. The van der Waals surface area contributed by atoms with Crippen LogP contribution >= 0.6 is 23.2 Å². The van der Waals surface area contributed by atoms with Crippen molar-refractivity contribution in [1.29, 1.82) is 0 Å². The molecule has 1 aromatic rings. The number of nitrogens with two attached hydrogens (primary N) is 1. The van der Waals surface area contributed by atoms with Gasteiger partial charge in [0.25, 0.3) is 0 Å². The third kappa shape index (κ3) is 4.78. The fourth-order valence-electron chi connectivity index (χ4n) is 1.41. The molecule has 0 atom stereocenters. The highest BCUT2D eigenvalue weighted by Crippen LogP contribution is 2.22. The first-order valence-corrected chi connectivity index (χ1v) is 6.35. The Bertz CT molecular complexity index is 414. The fourth-order valence-corrected chi connectivity index (χ4v) is 1.84. The van der Waals surface area contributed by atoms with E-state index in [9.17, 15) is 4.79 Å². The second kappa shape index (κ2) is 7.53. The maximum Gasteiger partial charge on any atom is 0.239 e. The van der Waals surface area contributed by atoms with Crippen LogP contribution in [0.1, 0.15) is 6.92 Å². The van der Waals surface area contributed by atoms with Crippen molar-refractivity contribution in [1.82, 2.24) is 9.88 Å². The summed E-state index contributed by atoms with van der Waals surface area (Å²) in [5.74, 6) is 0.136. The molecule has 0 fully saturated rings. The van der Waals surface area contributed by atoms with Gasteiger partial charge in [0.2, 0.25) is 5.91 Å². The number of pyridine rings is 1. The number of rotatable bonds is 6. The fraction of sp³-hybridized carbons (Fsp3) is 0.455. The molecule has 1 rings (SSSR count). The van der Waals surface area contributed by atoms with Crippen LogP contribution in [0.4, 0.5) is 5.82 Å². The van der Waals surface area contributed by atoms with Crippen LogP contribution in [-0.4, -0.2) is 42.0 Å². The van der Waals surface area contributed by atoms with Crippen molar-refractivity contribution in [2.24, 2.45) is 5.73 Å². The number of hydrogen-bond acceptors (Lipinski definition) is 4. The smallest absolute Gasteiger partial charge is 0.239 e.